The minimum absolute atomic E-state index is 0.305. The maximum atomic E-state index is 4.39. The van der Waals surface area contributed by atoms with Gasteiger partial charge in [-0.15, -0.1) is 0 Å². The Bertz CT molecular complexity index is 186. The fraction of sp³-hybridized carbons (Fsp3) is 0.889. The summed E-state index contributed by atoms with van der Waals surface area (Å²) in [5.74, 6) is 0. The Labute approximate surface area is 79.4 Å². The van der Waals surface area contributed by atoms with Crippen molar-refractivity contribution in [3.8, 4) is 0 Å². The predicted molar refractivity (Wildman–Crippen MR) is 54.2 cm³/mol. The molecule has 0 bridgehead atoms. The van der Waals surface area contributed by atoms with Crippen LogP contribution in [0.1, 0.15) is 6.92 Å². The standard InChI is InChI=1S/C9H18N4/c1-8-11-6-9(7-12-8)13-4-2-10-3-5-13/h6,8-10,12H,2-5,7H2,1H3/t8-,9-/m1/s1. The third kappa shape index (κ3) is 2.27. The molecule has 0 unspecified atom stereocenters. The second-order valence-electron chi connectivity index (χ2n) is 3.74. The van der Waals surface area contributed by atoms with E-state index >= 15 is 0 Å². The molecule has 4 nitrogen and oxygen atoms in total. The van der Waals surface area contributed by atoms with Crippen molar-refractivity contribution >= 4 is 6.21 Å². The van der Waals surface area contributed by atoms with E-state index in [1.54, 1.807) is 0 Å². The van der Waals surface area contributed by atoms with Crippen molar-refractivity contribution in [3.05, 3.63) is 0 Å². The summed E-state index contributed by atoms with van der Waals surface area (Å²) in [6.07, 6.45) is 2.41. The Morgan fingerprint density at radius 3 is 2.77 bits per heavy atom. The van der Waals surface area contributed by atoms with Crippen LogP contribution in [0.4, 0.5) is 0 Å². The molecule has 2 N–H and O–H groups in total. The third-order valence-electron chi connectivity index (χ3n) is 2.72. The highest BCUT2D eigenvalue weighted by atomic mass is 15.2. The molecule has 2 aliphatic heterocycles. The lowest BCUT2D eigenvalue weighted by Crippen LogP contribution is -2.54. The Kier molecular flexibility index (Phi) is 2.93. The number of hydrogen-bond donors (Lipinski definition) is 2. The van der Waals surface area contributed by atoms with Crippen LogP contribution in [0.5, 0.6) is 0 Å². The zero-order chi connectivity index (χ0) is 9.10. The molecule has 0 aromatic rings. The lowest BCUT2D eigenvalue weighted by Gasteiger charge is -2.35. The van der Waals surface area contributed by atoms with Crippen LogP contribution in [0, 0.1) is 0 Å². The van der Waals surface area contributed by atoms with Gasteiger partial charge in [-0.2, -0.15) is 0 Å². The highest BCUT2D eigenvalue weighted by molar-refractivity contribution is 5.65. The van der Waals surface area contributed by atoms with Gasteiger partial charge in [0.15, 0.2) is 0 Å². The van der Waals surface area contributed by atoms with Crippen LogP contribution in [0.25, 0.3) is 0 Å². The quantitative estimate of drug-likeness (QED) is 0.562. The van der Waals surface area contributed by atoms with E-state index in [2.05, 4.69) is 33.7 Å². The SMILES string of the molecule is C[C@@H]1N=C[C@@H](N2CCNCC2)CN1. The first-order valence-corrected chi connectivity index (χ1v) is 5.08. The van der Waals surface area contributed by atoms with E-state index < -0.39 is 0 Å². The Morgan fingerprint density at radius 2 is 2.15 bits per heavy atom. The Morgan fingerprint density at radius 1 is 1.38 bits per heavy atom. The third-order valence-corrected chi connectivity index (χ3v) is 2.72. The molecule has 1 fully saturated rings. The molecule has 0 aliphatic carbocycles. The fourth-order valence-corrected chi connectivity index (χ4v) is 1.86. The lowest BCUT2D eigenvalue weighted by atomic mass is 10.2. The molecule has 0 aromatic carbocycles. The fourth-order valence-electron chi connectivity index (χ4n) is 1.86. The molecule has 0 aromatic heterocycles. The van der Waals surface area contributed by atoms with Crippen LogP contribution in [-0.2, 0) is 0 Å². The zero-order valence-electron chi connectivity index (χ0n) is 8.16. The summed E-state index contributed by atoms with van der Waals surface area (Å²) in [4.78, 5) is 6.87. The van der Waals surface area contributed by atoms with Crippen LogP contribution in [0.2, 0.25) is 0 Å². The van der Waals surface area contributed by atoms with Crippen molar-refractivity contribution < 1.29 is 0 Å². The summed E-state index contributed by atoms with van der Waals surface area (Å²) >= 11 is 0. The second kappa shape index (κ2) is 4.17. The topological polar surface area (TPSA) is 39.7 Å². The predicted octanol–water partition coefficient (Wildman–Crippen LogP) is -0.720. The summed E-state index contributed by atoms with van der Waals surface area (Å²) < 4.78 is 0. The van der Waals surface area contributed by atoms with Crippen molar-refractivity contribution in [2.24, 2.45) is 4.99 Å². The molecule has 0 saturated carbocycles. The van der Waals surface area contributed by atoms with Crippen LogP contribution >= 0.6 is 0 Å². The lowest BCUT2D eigenvalue weighted by molar-refractivity contribution is 0.204. The molecular formula is C9H18N4. The molecule has 2 atom stereocenters. The van der Waals surface area contributed by atoms with Gasteiger partial charge in [0.2, 0.25) is 0 Å². The molecule has 2 aliphatic rings. The minimum Gasteiger partial charge on any atom is -0.314 e. The summed E-state index contributed by atoms with van der Waals surface area (Å²) in [6, 6.07) is 0.512. The number of hydrogen-bond acceptors (Lipinski definition) is 4. The van der Waals surface area contributed by atoms with E-state index in [9.17, 15) is 0 Å². The normalized spacial score (nSPS) is 36.4. The highest BCUT2D eigenvalue weighted by Gasteiger charge is 2.21. The first-order valence-electron chi connectivity index (χ1n) is 5.08. The maximum Gasteiger partial charge on any atom is 0.0963 e. The summed E-state index contributed by atoms with van der Waals surface area (Å²) in [5.41, 5.74) is 0. The van der Waals surface area contributed by atoms with Crippen LogP contribution < -0.4 is 10.6 Å². The van der Waals surface area contributed by atoms with Gasteiger partial charge >= 0.3 is 0 Å². The van der Waals surface area contributed by atoms with E-state index in [0.29, 0.717) is 12.2 Å². The van der Waals surface area contributed by atoms with E-state index in [1.807, 2.05) is 0 Å². The molecule has 0 spiro atoms. The smallest absolute Gasteiger partial charge is 0.0963 e. The minimum atomic E-state index is 0.305. The van der Waals surface area contributed by atoms with Gasteiger partial charge in [0.1, 0.15) is 0 Å². The van der Waals surface area contributed by atoms with Crippen molar-refractivity contribution in [3.63, 3.8) is 0 Å². The average molecular weight is 182 g/mol. The molecule has 13 heavy (non-hydrogen) atoms. The number of rotatable bonds is 1. The molecule has 2 heterocycles. The van der Waals surface area contributed by atoms with Gasteiger partial charge in [0.25, 0.3) is 0 Å². The van der Waals surface area contributed by atoms with Crippen LogP contribution in [0.3, 0.4) is 0 Å². The van der Waals surface area contributed by atoms with Crippen molar-refractivity contribution in [2.75, 3.05) is 32.7 Å². The summed E-state index contributed by atoms with van der Waals surface area (Å²) in [7, 11) is 0. The van der Waals surface area contributed by atoms with E-state index in [4.69, 9.17) is 0 Å². The van der Waals surface area contributed by atoms with Gasteiger partial charge in [-0.3, -0.25) is 15.2 Å². The van der Waals surface area contributed by atoms with E-state index in [0.717, 1.165) is 32.7 Å². The Hall–Kier alpha value is -0.450. The first-order chi connectivity index (χ1) is 6.36. The van der Waals surface area contributed by atoms with E-state index in [1.165, 1.54) is 0 Å². The van der Waals surface area contributed by atoms with Crippen LogP contribution in [0.15, 0.2) is 4.99 Å². The van der Waals surface area contributed by atoms with Gasteiger partial charge in [-0.25, -0.2) is 0 Å². The first kappa shape index (κ1) is 9.12. The summed E-state index contributed by atoms with van der Waals surface area (Å²) in [6.45, 7) is 7.65. The highest BCUT2D eigenvalue weighted by Crippen LogP contribution is 2.03. The summed E-state index contributed by atoms with van der Waals surface area (Å²) in [5, 5.41) is 6.73. The van der Waals surface area contributed by atoms with Crippen LogP contribution in [-0.4, -0.2) is 56.0 Å². The molecule has 1 saturated heterocycles. The number of piperazine rings is 1. The zero-order valence-corrected chi connectivity index (χ0v) is 8.16. The Balaban J connectivity index is 1.89. The number of nitrogens with zero attached hydrogens (tertiary/aromatic N) is 2. The van der Waals surface area contributed by atoms with Gasteiger partial charge in [0, 0.05) is 38.9 Å². The van der Waals surface area contributed by atoms with E-state index in [-0.39, 0.29) is 0 Å². The molecule has 74 valence electrons. The maximum absolute atomic E-state index is 4.39. The molecular weight excluding hydrogens is 164 g/mol. The van der Waals surface area contributed by atoms with Crippen molar-refractivity contribution in [1.29, 1.82) is 0 Å². The monoisotopic (exact) mass is 182 g/mol. The second-order valence-corrected chi connectivity index (χ2v) is 3.74. The van der Waals surface area contributed by atoms with Crippen molar-refractivity contribution in [2.45, 2.75) is 19.1 Å². The molecule has 0 radical (unpaired) electrons. The van der Waals surface area contributed by atoms with Gasteiger partial charge in [-0.1, -0.05) is 0 Å². The number of aliphatic imine (C=N–C) groups is 1. The van der Waals surface area contributed by atoms with Gasteiger partial charge < -0.3 is 5.32 Å². The molecule has 0 amide bonds. The molecule has 4 heteroatoms. The van der Waals surface area contributed by atoms with Gasteiger partial charge in [0.05, 0.1) is 12.2 Å². The van der Waals surface area contributed by atoms with Crippen molar-refractivity contribution in [1.82, 2.24) is 15.5 Å². The largest absolute Gasteiger partial charge is 0.314 e. The van der Waals surface area contributed by atoms with Gasteiger partial charge in [-0.05, 0) is 6.92 Å². The number of nitrogens with one attached hydrogen (secondary N) is 2. The average Bonchev–Trinajstić information content (AvgIpc) is 2.20. The molecule has 2 rings (SSSR count).